The number of rotatable bonds is 3. The summed E-state index contributed by atoms with van der Waals surface area (Å²) in [5.74, 6) is 0.0467. The average molecular weight is 251 g/mol. The summed E-state index contributed by atoms with van der Waals surface area (Å²) in [6.07, 6.45) is -0.476. The molecule has 1 rings (SSSR count). The van der Waals surface area contributed by atoms with Crippen molar-refractivity contribution in [2.75, 3.05) is 11.9 Å². The molecule has 0 aromatic heterocycles. The third kappa shape index (κ3) is 4.75. The van der Waals surface area contributed by atoms with E-state index in [2.05, 4.69) is 5.32 Å². The van der Waals surface area contributed by atoms with Crippen LogP contribution in [0.2, 0.25) is 0 Å². The number of anilines is 1. The van der Waals surface area contributed by atoms with E-state index in [4.69, 9.17) is 9.84 Å². The summed E-state index contributed by atoms with van der Waals surface area (Å²) in [5, 5.41) is 11.8. The molecule has 0 saturated heterocycles. The minimum atomic E-state index is -0.514. The Kier molecular flexibility index (Phi) is 4.73. The Bertz CT molecular complexity index is 410. The topological polar surface area (TPSA) is 58.6 Å². The van der Waals surface area contributed by atoms with Gasteiger partial charge in [-0.2, -0.15) is 0 Å². The van der Waals surface area contributed by atoms with Crippen LogP contribution < -0.4 is 5.32 Å². The highest BCUT2D eigenvalue weighted by atomic mass is 16.6. The van der Waals surface area contributed by atoms with Crippen LogP contribution in [0.15, 0.2) is 24.3 Å². The molecular weight excluding hydrogens is 230 g/mol. The predicted octanol–water partition coefficient (Wildman–Crippen LogP) is 3.13. The number of ether oxygens (including phenoxy) is 1. The number of hydrogen-bond donors (Lipinski definition) is 2. The fourth-order valence-electron chi connectivity index (χ4n) is 1.45. The number of amides is 1. The number of carbonyl (C=O) groups excluding carboxylic acids is 1. The summed E-state index contributed by atoms with van der Waals surface area (Å²) in [6, 6.07) is 7.39. The van der Waals surface area contributed by atoms with Gasteiger partial charge in [0.1, 0.15) is 5.60 Å². The lowest BCUT2D eigenvalue weighted by molar-refractivity contribution is 0.0636. The van der Waals surface area contributed by atoms with Crippen molar-refractivity contribution in [2.24, 2.45) is 0 Å². The summed E-state index contributed by atoms with van der Waals surface area (Å²) in [4.78, 5) is 11.6. The van der Waals surface area contributed by atoms with E-state index in [9.17, 15) is 4.79 Å². The van der Waals surface area contributed by atoms with Crippen LogP contribution in [-0.2, 0) is 4.74 Å². The van der Waals surface area contributed by atoms with Crippen LogP contribution >= 0.6 is 0 Å². The summed E-state index contributed by atoms with van der Waals surface area (Å²) in [6.45, 7) is 7.45. The van der Waals surface area contributed by atoms with Crippen LogP contribution in [0.4, 0.5) is 10.5 Å². The van der Waals surface area contributed by atoms with E-state index in [1.165, 1.54) is 0 Å². The van der Waals surface area contributed by atoms with Gasteiger partial charge in [-0.1, -0.05) is 19.1 Å². The predicted molar refractivity (Wildman–Crippen MR) is 71.8 cm³/mol. The molecule has 4 nitrogen and oxygen atoms in total. The maximum atomic E-state index is 11.6. The lowest BCUT2D eigenvalue weighted by Crippen LogP contribution is -2.27. The average Bonchev–Trinajstić information content (AvgIpc) is 2.25. The number of hydrogen-bond acceptors (Lipinski definition) is 3. The Balaban J connectivity index is 2.71. The van der Waals surface area contributed by atoms with Crippen LogP contribution in [0.5, 0.6) is 0 Å². The molecule has 4 heteroatoms. The maximum absolute atomic E-state index is 11.6. The third-order valence-electron chi connectivity index (χ3n) is 2.37. The van der Waals surface area contributed by atoms with Crippen LogP contribution in [0.3, 0.4) is 0 Å². The molecule has 0 bridgehead atoms. The second-order valence-electron chi connectivity index (χ2n) is 5.34. The van der Waals surface area contributed by atoms with E-state index >= 15 is 0 Å². The minimum Gasteiger partial charge on any atom is -0.444 e. The molecule has 0 unspecified atom stereocenters. The second kappa shape index (κ2) is 5.87. The zero-order valence-electron chi connectivity index (χ0n) is 11.4. The molecule has 0 aliphatic rings. The molecule has 0 saturated carbocycles. The van der Waals surface area contributed by atoms with E-state index in [-0.39, 0.29) is 12.5 Å². The Morgan fingerprint density at radius 2 is 2.11 bits per heavy atom. The molecule has 1 atom stereocenters. The summed E-state index contributed by atoms with van der Waals surface area (Å²) in [7, 11) is 0. The fourth-order valence-corrected chi connectivity index (χ4v) is 1.45. The highest BCUT2D eigenvalue weighted by Gasteiger charge is 2.16. The molecule has 1 amide bonds. The first-order chi connectivity index (χ1) is 8.31. The lowest BCUT2D eigenvalue weighted by Gasteiger charge is -2.20. The van der Waals surface area contributed by atoms with Crippen molar-refractivity contribution in [3.63, 3.8) is 0 Å². The van der Waals surface area contributed by atoms with Crippen molar-refractivity contribution in [1.82, 2.24) is 0 Å². The van der Waals surface area contributed by atoms with Gasteiger partial charge in [-0.25, -0.2) is 4.79 Å². The van der Waals surface area contributed by atoms with Gasteiger partial charge in [-0.05, 0) is 38.5 Å². The van der Waals surface area contributed by atoms with Crippen LogP contribution in [0, 0.1) is 0 Å². The SMILES string of the molecule is C[C@H](CO)c1cccc(NC(=O)OC(C)(C)C)c1. The highest BCUT2D eigenvalue weighted by Crippen LogP contribution is 2.19. The largest absolute Gasteiger partial charge is 0.444 e. The van der Waals surface area contributed by atoms with Crippen molar-refractivity contribution in [1.29, 1.82) is 0 Å². The van der Waals surface area contributed by atoms with Crippen molar-refractivity contribution in [2.45, 2.75) is 39.2 Å². The Hall–Kier alpha value is -1.55. The first kappa shape index (κ1) is 14.5. The summed E-state index contributed by atoms with van der Waals surface area (Å²) in [5.41, 5.74) is 1.13. The molecule has 0 spiro atoms. The van der Waals surface area contributed by atoms with Crippen molar-refractivity contribution >= 4 is 11.8 Å². The monoisotopic (exact) mass is 251 g/mol. The zero-order chi connectivity index (χ0) is 13.8. The van der Waals surface area contributed by atoms with Crippen molar-refractivity contribution in [3.05, 3.63) is 29.8 Å². The normalized spacial score (nSPS) is 12.9. The molecular formula is C14H21NO3. The molecule has 1 aromatic rings. The van der Waals surface area contributed by atoms with E-state index in [1.54, 1.807) is 6.07 Å². The highest BCUT2D eigenvalue weighted by molar-refractivity contribution is 5.84. The number of nitrogens with one attached hydrogen (secondary N) is 1. The Labute approximate surface area is 108 Å². The lowest BCUT2D eigenvalue weighted by atomic mass is 10.0. The van der Waals surface area contributed by atoms with E-state index < -0.39 is 11.7 Å². The molecule has 0 aliphatic carbocycles. The number of aliphatic hydroxyl groups excluding tert-OH is 1. The van der Waals surface area contributed by atoms with E-state index in [0.717, 1.165) is 5.56 Å². The minimum absolute atomic E-state index is 0.0467. The first-order valence-corrected chi connectivity index (χ1v) is 6.02. The van der Waals surface area contributed by atoms with Gasteiger partial charge in [0.05, 0.1) is 0 Å². The van der Waals surface area contributed by atoms with Gasteiger partial charge in [0.2, 0.25) is 0 Å². The van der Waals surface area contributed by atoms with Crippen LogP contribution in [-0.4, -0.2) is 23.4 Å². The molecule has 100 valence electrons. The molecule has 18 heavy (non-hydrogen) atoms. The number of benzene rings is 1. The smallest absolute Gasteiger partial charge is 0.412 e. The first-order valence-electron chi connectivity index (χ1n) is 6.02. The van der Waals surface area contributed by atoms with Gasteiger partial charge in [-0.15, -0.1) is 0 Å². The molecule has 0 aliphatic heterocycles. The maximum Gasteiger partial charge on any atom is 0.412 e. The summed E-state index contributed by atoms with van der Waals surface area (Å²) >= 11 is 0. The van der Waals surface area contributed by atoms with Gasteiger partial charge >= 0.3 is 6.09 Å². The molecule has 2 N–H and O–H groups in total. The Morgan fingerprint density at radius 3 is 2.67 bits per heavy atom. The summed E-state index contributed by atoms with van der Waals surface area (Å²) < 4.78 is 5.17. The third-order valence-corrected chi connectivity index (χ3v) is 2.37. The van der Waals surface area contributed by atoms with Crippen molar-refractivity contribution in [3.8, 4) is 0 Å². The molecule has 0 fully saturated rings. The quantitative estimate of drug-likeness (QED) is 0.867. The Morgan fingerprint density at radius 1 is 1.44 bits per heavy atom. The number of aliphatic hydroxyl groups is 1. The van der Waals surface area contributed by atoms with Gasteiger partial charge < -0.3 is 9.84 Å². The second-order valence-corrected chi connectivity index (χ2v) is 5.34. The van der Waals surface area contributed by atoms with Gasteiger partial charge in [0.25, 0.3) is 0 Å². The van der Waals surface area contributed by atoms with E-state index in [1.807, 2.05) is 45.9 Å². The van der Waals surface area contributed by atoms with Crippen molar-refractivity contribution < 1.29 is 14.6 Å². The van der Waals surface area contributed by atoms with Crippen LogP contribution in [0.25, 0.3) is 0 Å². The van der Waals surface area contributed by atoms with E-state index in [0.29, 0.717) is 5.69 Å². The zero-order valence-corrected chi connectivity index (χ0v) is 11.4. The van der Waals surface area contributed by atoms with Crippen LogP contribution in [0.1, 0.15) is 39.2 Å². The van der Waals surface area contributed by atoms with Gasteiger partial charge in [-0.3, -0.25) is 5.32 Å². The fraction of sp³-hybridized carbons (Fsp3) is 0.500. The molecule has 1 aromatic carbocycles. The number of carbonyl (C=O) groups is 1. The van der Waals surface area contributed by atoms with Gasteiger partial charge in [0.15, 0.2) is 0 Å². The van der Waals surface area contributed by atoms with Gasteiger partial charge in [0, 0.05) is 18.2 Å². The standard InChI is InChI=1S/C14H21NO3/c1-10(9-16)11-6-5-7-12(8-11)15-13(17)18-14(2,3)4/h5-8,10,16H,9H2,1-4H3,(H,15,17)/t10-/m1/s1. The molecule has 0 heterocycles. The molecule has 0 radical (unpaired) electrons.